The predicted octanol–water partition coefficient (Wildman–Crippen LogP) is 2.21. The van der Waals surface area contributed by atoms with Gasteiger partial charge in [-0.3, -0.25) is 20.0 Å². The van der Waals surface area contributed by atoms with Crippen LogP contribution in [-0.2, 0) is 4.79 Å². The lowest BCUT2D eigenvalue weighted by Crippen LogP contribution is -2.24. The molecule has 0 saturated carbocycles. The fourth-order valence-electron chi connectivity index (χ4n) is 1.80. The Kier molecular flexibility index (Phi) is 4.45. The number of hydrogen-bond acceptors (Lipinski definition) is 4. The molecule has 0 aliphatic heterocycles. The molecule has 0 bridgehead atoms. The van der Waals surface area contributed by atoms with Crippen LogP contribution < -0.4 is 5.32 Å². The van der Waals surface area contributed by atoms with Gasteiger partial charge in [0.1, 0.15) is 0 Å². The highest BCUT2D eigenvalue weighted by molar-refractivity contribution is 5.92. The molecule has 2 N–H and O–H groups in total. The van der Waals surface area contributed by atoms with E-state index in [9.17, 15) is 14.9 Å². The number of nitrogens with one attached hydrogen (secondary N) is 2. The number of aromatic nitrogens is 2. The maximum Gasteiger partial charge on any atom is 0.276 e. The number of amides is 1. The van der Waals surface area contributed by atoms with Crippen LogP contribution in [0.4, 0.5) is 5.69 Å². The van der Waals surface area contributed by atoms with Crippen LogP contribution in [0.1, 0.15) is 24.1 Å². The Morgan fingerprint density at radius 1 is 1.48 bits per heavy atom. The molecule has 1 amide bonds. The number of carbonyl (C=O) groups excluding carboxylic acids is 1. The first-order chi connectivity index (χ1) is 10.1. The van der Waals surface area contributed by atoms with Gasteiger partial charge in [0, 0.05) is 23.9 Å². The van der Waals surface area contributed by atoms with E-state index in [2.05, 4.69) is 15.5 Å². The van der Waals surface area contributed by atoms with Crippen LogP contribution in [0.15, 0.2) is 42.7 Å². The second-order valence-electron chi connectivity index (χ2n) is 4.41. The maximum absolute atomic E-state index is 11.8. The Balaban J connectivity index is 2.04. The van der Waals surface area contributed by atoms with E-state index in [4.69, 9.17) is 0 Å². The summed E-state index contributed by atoms with van der Waals surface area (Å²) >= 11 is 0. The van der Waals surface area contributed by atoms with Crippen LogP contribution in [0, 0.1) is 10.1 Å². The normalized spacial score (nSPS) is 12.2. The molecular weight excluding hydrogens is 272 g/mol. The quantitative estimate of drug-likeness (QED) is 0.500. The van der Waals surface area contributed by atoms with E-state index in [0.29, 0.717) is 5.56 Å². The molecule has 0 aliphatic rings. The van der Waals surface area contributed by atoms with Gasteiger partial charge in [-0.1, -0.05) is 12.1 Å². The SMILES string of the molecule is CC(NC(=O)/C=C/c1ccccc1[N+](=O)[O-])c1cn[nH]c1. The summed E-state index contributed by atoms with van der Waals surface area (Å²) in [5.74, 6) is -0.332. The molecule has 1 atom stereocenters. The number of H-pyrrole nitrogens is 1. The molecular formula is C14H14N4O3. The number of carbonyl (C=O) groups is 1. The number of nitro benzene ring substituents is 1. The Labute approximate surface area is 120 Å². The van der Waals surface area contributed by atoms with Gasteiger partial charge in [0.15, 0.2) is 0 Å². The van der Waals surface area contributed by atoms with Crippen molar-refractivity contribution in [2.75, 3.05) is 0 Å². The van der Waals surface area contributed by atoms with Crippen molar-refractivity contribution in [1.29, 1.82) is 0 Å². The topological polar surface area (TPSA) is 101 Å². The van der Waals surface area contributed by atoms with Crippen LogP contribution >= 0.6 is 0 Å². The second kappa shape index (κ2) is 6.47. The van der Waals surface area contributed by atoms with Gasteiger partial charge in [0.05, 0.1) is 22.7 Å². The molecule has 1 unspecified atom stereocenters. The lowest BCUT2D eigenvalue weighted by molar-refractivity contribution is -0.385. The second-order valence-corrected chi connectivity index (χ2v) is 4.41. The monoisotopic (exact) mass is 286 g/mol. The Hall–Kier alpha value is -2.96. The van der Waals surface area contributed by atoms with Crippen molar-refractivity contribution in [2.24, 2.45) is 0 Å². The van der Waals surface area contributed by atoms with E-state index in [0.717, 1.165) is 5.56 Å². The predicted molar refractivity (Wildman–Crippen MR) is 77.3 cm³/mol. The Morgan fingerprint density at radius 3 is 2.90 bits per heavy atom. The third kappa shape index (κ3) is 3.75. The molecule has 0 saturated heterocycles. The van der Waals surface area contributed by atoms with Crippen molar-refractivity contribution in [1.82, 2.24) is 15.5 Å². The van der Waals surface area contributed by atoms with Crippen molar-refractivity contribution >= 4 is 17.7 Å². The van der Waals surface area contributed by atoms with E-state index in [1.807, 2.05) is 6.92 Å². The molecule has 2 rings (SSSR count). The molecule has 0 spiro atoms. The van der Waals surface area contributed by atoms with E-state index >= 15 is 0 Å². The number of aromatic amines is 1. The molecule has 7 nitrogen and oxygen atoms in total. The summed E-state index contributed by atoms with van der Waals surface area (Å²) in [4.78, 5) is 22.2. The minimum Gasteiger partial charge on any atom is -0.346 e. The zero-order chi connectivity index (χ0) is 15.2. The highest BCUT2D eigenvalue weighted by atomic mass is 16.6. The number of benzene rings is 1. The number of hydrogen-bond donors (Lipinski definition) is 2. The summed E-state index contributed by atoms with van der Waals surface area (Å²) in [5.41, 5.74) is 1.19. The van der Waals surface area contributed by atoms with E-state index in [1.165, 1.54) is 18.2 Å². The van der Waals surface area contributed by atoms with Gasteiger partial charge in [0.25, 0.3) is 5.69 Å². The summed E-state index contributed by atoms with van der Waals surface area (Å²) in [6.07, 6.45) is 6.02. The van der Waals surface area contributed by atoms with Gasteiger partial charge in [0.2, 0.25) is 5.91 Å². The smallest absolute Gasteiger partial charge is 0.276 e. The van der Waals surface area contributed by atoms with E-state index in [1.54, 1.807) is 30.6 Å². The molecule has 0 aliphatic carbocycles. The van der Waals surface area contributed by atoms with Crippen LogP contribution in [0.3, 0.4) is 0 Å². The number of rotatable bonds is 5. The zero-order valence-electron chi connectivity index (χ0n) is 11.3. The molecule has 0 fully saturated rings. The van der Waals surface area contributed by atoms with Gasteiger partial charge in [-0.2, -0.15) is 5.10 Å². The number of nitrogens with zero attached hydrogens (tertiary/aromatic N) is 2. The molecule has 1 aromatic carbocycles. The van der Waals surface area contributed by atoms with Crippen LogP contribution in [-0.4, -0.2) is 21.0 Å². The first kappa shape index (κ1) is 14.4. The molecule has 1 aromatic heterocycles. The highest BCUT2D eigenvalue weighted by Crippen LogP contribution is 2.19. The number of nitro groups is 1. The van der Waals surface area contributed by atoms with E-state index in [-0.39, 0.29) is 17.6 Å². The lowest BCUT2D eigenvalue weighted by atomic mass is 10.1. The van der Waals surface area contributed by atoms with Crippen molar-refractivity contribution in [3.05, 3.63) is 64.0 Å². The minimum atomic E-state index is -0.480. The lowest BCUT2D eigenvalue weighted by Gasteiger charge is -2.09. The van der Waals surface area contributed by atoms with Gasteiger partial charge < -0.3 is 5.32 Å². The van der Waals surface area contributed by atoms with Crippen molar-refractivity contribution in [3.63, 3.8) is 0 Å². The molecule has 108 valence electrons. The van der Waals surface area contributed by atoms with Crippen molar-refractivity contribution < 1.29 is 9.72 Å². The summed E-state index contributed by atoms with van der Waals surface area (Å²) < 4.78 is 0. The van der Waals surface area contributed by atoms with Gasteiger partial charge in [-0.05, 0) is 19.1 Å². The molecule has 2 aromatic rings. The maximum atomic E-state index is 11.8. The zero-order valence-corrected chi connectivity index (χ0v) is 11.3. The largest absolute Gasteiger partial charge is 0.346 e. The summed E-state index contributed by atoms with van der Waals surface area (Å²) in [7, 11) is 0. The Morgan fingerprint density at radius 2 is 2.24 bits per heavy atom. The summed E-state index contributed by atoms with van der Waals surface area (Å²) in [6, 6.07) is 6.04. The Bertz CT molecular complexity index is 665. The third-order valence-electron chi connectivity index (χ3n) is 2.93. The standard InChI is InChI=1S/C14H14N4O3/c1-10(12-8-15-16-9-12)17-14(19)7-6-11-4-2-3-5-13(11)18(20)21/h2-10H,1H3,(H,15,16)(H,17,19)/b7-6+. The minimum absolute atomic E-state index is 0.0376. The van der Waals surface area contributed by atoms with Gasteiger partial charge in [-0.15, -0.1) is 0 Å². The molecule has 0 radical (unpaired) electrons. The molecule has 7 heteroatoms. The highest BCUT2D eigenvalue weighted by Gasteiger charge is 2.11. The van der Waals surface area contributed by atoms with Crippen LogP contribution in [0.2, 0.25) is 0 Å². The fourth-order valence-corrected chi connectivity index (χ4v) is 1.80. The van der Waals surface area contributed by atoms with Crippen LogP contribution in [0.5, 0.6) is 0 Å². The van der Waals surface area contributed by atoms with Gasteiger partial charge in [-0.25, -0.2) is 0 Å². The molecule has 1 heterocycles. The number of para-hydroxylation sites is 1. The van der Waals surface area contributed by atoms with Crippen LogP contribution in [0.25, 0.3) is 6.08 Å². The summed E-state index contributed by atoms with van der Waals surface area (Å²) in [6.45, 7) is 1.82. The molecule has 21 heavy (non-hydrogen) atoms. The van der Waals surface area contributed by atoms with E-state index < -0.39 is 4.92 Å². The third-order valence-corrected chi connectivity index (χ3v) is 2.93. The first-order valence-electron chi connectivity index (χ1n) is 6.28. The first-order valence-corrected chi connectivity index (χ1v) is 6.28. The average Bonchev–Trinajstić information content (AvgIpc) is 2.99. The summed E-state index contributed by atoms with van der Waals surface area (Å²) in [5, 5.41) is 20.1. The fraction of sp³-hybridized carbons (Fsp3) is 0.143. The van der Waals surface area contributed by atoms with Gasteiger partial charge >= 0.3 is 0 Å². The van der Waals surface area contributed by atoms with Crippen molar-refractivity contribution in [2.45, 2.75) is 13.0 Å². The average molecular weight is 286 g/mol. The van der Waals surface area contributed by atoms with Crippen molar-refractivity contribution in [3.8, 4) is 0 Å².